The molecule has 0 unspecified atom stereocenters. The highest BCUT2D eigenvalue weighted by Gasteiger charge is 2.11. The molecule has 0 aliphatic rings. The van der Waals surface area contributed by atoms with E-state index in [0.29, 0.717) is 11.3 Å². The van der Waals surface area contributed by atoms with E-state index in [2.05, 4.69) is 15.1 Å². The number of aromatic carboxylic acids is 1. The van der Waals surface area contributed by atoms with Gasteiger partial charge < -0.3 is 10.1 Å². The van der Waals surface area contributed by atoms with E-state index >= 15 is 0 Å². The maximum atomic E-state index is 10.9. The molecule has 3 aromatic rings. The first-order chi connectivity index (χ1) is 9.04. The Balaban J connectivity index is 2.16. The molecule has 0 fully saturated rings. The Hall–Kier alpha value is -2.63. The molecular weight excluding hydrogens is 244 g/mol. The minimum atomic E-state index is -0.950. The molecule has 0 amide bonds. The van der Waals surface area contributed by atoms with Crippen molar-refractivity contribution in [3.8, 4) is 11.5 Å². The molecule has 2 heterocycles. The Morgan fingerprint density at radius 2 is 2.16 bits per heavy atom. The van der Waals surface area contributed by atoms with Crippen molar-refractivity contribution in [2.45, 2.75) is 6.92 Å². The third kappa shape index (κ3) is 1.87. The maximum Gasteiger partial charge on any atom is 0.335 e. The summed E-state index contributed by atoms with van der Waals surface area (Å²) in [7, 11) is 1.85. The van der Waals surface area contributed by atoms with Crippen molar-refractivity contribution in [3.05, 3.63) is 35.5 Å². The SMILES string of the molecule is Cc1cc(-c2nc3ccc(C(=O)O)cc3[nH]2)n(C)n1. The lowest BCUT2D eigenvalue weighted by Crippen LogP contribution is -1.95. The van der Waals surface area contributed by atoms with Gasteiger partial charge in [0.05, 0.1) is 22.3 Å². The summed E-state index contributed by atoms with van der Waals surface area (Å²) >= 11 is 0. The lowest BCUT2D eigenvalue weighted by molar-refractivity contribution is 0.0697. The first kappa shape index (κ1) is 11.5. The number of H-pyrrole nitrogens is 1. The van der Waals surface area contributed by atoms with Gasteiger partial charge in [0, 0.05) is 7.05 Å². The van der Waals surface area contributed by atoms with Crippen LogP contribution in [-0.4, -0.2) is 30.8 Å². The van der Waals surface area contributed by atoms with Gasteiger partial charge in [-0.15, -0.1) is 0 Å². The summed E-state index contributed by atoms with van der Waals surface area (Å²) in [5, 5.41) is 13.2. The van der Waals surface area contributed by atoms with E-state index in [-0.39, 0.29) is 5.56 Å². The zero-order valence-electron chi connectivity index (χ0n) is 10.5. The molecule has 96 valence electrons. The number of aromatic amines is 1. The highest BCUT2D eigenvalue weighted by molar-refractivity contribution is 5.92. The number of aryl methyl sites for hydroxylation is 2. The number of fused-ring (bicyclic) bond motifs is 1. The van der Waals surface area contributed by atoms with Crippen molar-refractivity contribution in [3.63, 3.8) is 0 Å². The molecule has 6 nitrogen and oxygen atoms in total. The fourth-order valence-corrected chi connectivity index (χ4v) is 2.10. The van der Waals surface area contributed by atoms with Crippen LogP contribution in [0.2, 0.25) is 0 Å². The highest BCUT2D eigenvalue weighted by Crippen LogP contribution is 2.21. The average Bonchev–Trinajstić information content (AvgIpc) is 2.90. The number of rotatable bonds is 2. The van der Waals surface area contributed by atoms with Crippen LogP contribution < -0.4 is 0 Å². The topological polar surface area (TPSA) is 83.8 Å². The average molecular weight is 256 g/mol. The Morgan fingerprint density at radius 1 is 1.37 bits per heavy atom. The van der Waals surface area contributed by atoms with Gasteiger partial charge in [-0.1, -0.05) is 0 Å². The van der Waals surface area contributed by atoms with Crippen molar-refractivity contribution >= 4 is 17.0 Å². The molecule has 0 aliphatic carbocycles. The summed E-state index contributed by atoms with van der Waals surface area (Å²) < 4.78 is 1.74. The Bertz CT molecular complexity index is 785. The van der Waals surface area contributed by atoms with Gasteiger partial charge in [-0.3, -0.25) is 4.68 Å². The number of nitrogens with one attached hydrogen (secondary N) is 1. The van der Waals surface area contributed by atoms with E-state index in [4.69, 9.17) is 5.11 Å². The molecule has 6 heteroatoms. The van der Waals surface area contributed by atoms with Crippen LogP contribution in [0.4, 0.5) is 0 Å². The second-order valence-corrected chi connectivity index (χ2v) is 4.42. The summed E-state index contributed by atoms with van der Waals surface area (Å²) in [4.78, 5) is 18.5. The molecule has 0 spiro atoms. The van der Waals surface area contributed by atoms with Crippen LogP contribution in [0.25, 0.3) is 22.6 Å². The largest absolute Gasteiger partial charge is 0.478 e. The molecule has 1 aromatic carbocycles. The monoisotopic (exact) mass is 256 g/mol. The molecule has 0 saturated carbocycles. The number of nitrogens with zero attached hydrogens (tertiary/aromatic N) is 3. The molecule has 0 aliphatic heterocycles. The van der Waals surface area contributed by atoms with Crippen molar-refractivity contribution in [1.82, 2.24) is 19.7 Å². The predicted molar refractivity (Wildman–Crippen MR) is 70.0 cm³/mol. The first-order valence-electron chi connectivity index (χ1n) is 5.78. The first-order valence-corrected chi connectivity index (χ1v) is 5.78. The summed E-state index contributed by atoms with van der Waals surface area (Å²) in [5.41, 5.74) is 3.45. The molecule has 0 bridgehead atoms. The van der Waals surface area contributed by atoms with Crippen LogP contribution in [0.3, 0.4) is 0 Å². The summed E-state index contributed by atoms with van der Waals surface area (Å²) in [6.07, 6.45) is 0. The van der Waals surface area contributed by atoms with Crippen LogP contribution in [-0.2, 0) is 7.05 Å². The van der Waals surface area contributed by atoms with Gasteiger partial charge in [-0.05, 0) is 31.2 Å². The van der Waals surface area contributed by atoms with E-state index in [1.807, 2.05) is 20.0 Å². The second-order valence-electron chi connectivity index (χ2n) is 4.42. The van der Waals surface area contributed by atoms with E-state index in [0.717, 1.165) is 16.9 Å². The summed E-state index contributed by atoms with van der Waals surface area (Å²) in [6.45, 7) is 1.91. The van der Waals surface area contributed by atoms with Gasteiger partial charge in [-0.25, -0.2) is 9.78 Å². The molecule has 0 atom stereocenters. The molecule has 2 N–H and O–H groups in total. The van der Waals surface area contributed by atoms with Crippen molar-refractivity contribution in [2.24, 2.45) is 7.05 Å². The molecule has 0 saturated heterocycles. The number of hydrogen-bond acceptors (Lipinski definition) is 3. The van der Waals surface area contributed by atoms with Crippen molar-refractivity contribution in [2.75, 3.05) is 0 Å². The van der Waals surface area contributed by atoms with E-state index in [9.17, 15) is 4.79 Å². The van der Waals surface area contributed by atoms with Gasteiger partial charge in [0.15, 0.2) is 5.82 Å². The Kier molecular flexibility index (Phi) is 2.38. The number of carbonyl (C=O) groups is 1. The van der Waals surface area contributed by atoms with Gasteiger partial charge >= 0.3 is 5.97 Å². The molecular formula is C13H12N4O2. The van der Waals surface area contributed by atoms with Crippen LogP contribution in [0, 0.1) is 6.92 Å². The highest BCUT2D eigenvalue weighted by atomic mass is 16.4. The molecule has 0 radical (unpaired) electrons. The van der Waals surface area contributed by atoms with Crippen molar-refractivity contribution < 1.29 is 9.90 Å². The number of aromatic nitrogens is 4. The van der Waals surface area contributed by atoms with Gasteiger partial charge in [-0.2, -0.15) is 5.10 Å². The van der Waals surface area contributed by atoms with Crippen LogP contribution in [0.1, 0.15) is 16.1 Å². The van der Waals surface area contributed by atoms with Gasteiger partial charge in [0.25, 0.3) is 0 Å². The second kappa shape index (κ2) is 3.94. The number of imidazole rings is 1. The Labute approximate surface area is 108 Å². The number of carboxylic acids is 1. The number of hydrogen-bond donors (Lipinski definition) is 2. The normalized spacial score (nSPS) is 11.1. The third-order valence-corrected chi connectivity index (χ3v) is 2.97. The standard InChI is InChI=1S/C13H12N4O2/c1-7-5-11(17(2)16-7)12-14-9-4-3-8(13(18)19)6-10(9)15-12/h3-6H,1-2H3,(H,14,15)(H,18,19). The fourth-order valence-electron chi connectivity index (χ4n) is 2.10. The smallest absolute Gasteiger partial charge is 0.335 e. The lowest BCUT2D eigenvalue weighted by Gasteiger charge is -1.95. The number of carboxylic acid groups (broad SMARTS) is 1. The van der Waals surface area contributed by atoms with Crippen molar-refractivity contribution in [1.29, 1.82) is 0 Å². The van der Waals surface area contributed by atoms with Crippen LogP contribution in [0.5, 0.6) is 0 Å². The fraction of sp³-hybridized carbons (Fsp3) is 0.154. The summed E-state index contributed by atoms with van der Waals surface area (Å²) in [5.74, 6) is -0.268. The van der Waals surface area contributed by atoms with E-state index in [1.165, 1.54) is 0 Å². The Morgan fingerprint density at radius 3 is 2.79 bits per heavy atom. The minimum absolute atomic E-state index is 0.240. The van der Waals surface area contributed by atoms with Gasteiger partial charge in [0.2, 0.25) is 0 Å². The molecule has 2 aromatic heterocycles. The van der Waals surface area contributed by atoms with Gasteiger partial charge in [0.1, 0.15) is 5.69 Å². The third-order valence-electron chi connectivity index (χ3n) is 2.97. The molecule has 3 rings (SSSR count). The lowest BCUT2D eigenvalue weighted by atomic mass is 10.2. The van der Waals surface area contributed by atoms with Crippen LogP contribution >= 0.6 is 0 Å². The van der Waals surface area contributed by atoms with E-state index in [1.54, 1.807) is 22.9 Å². The quantitative estimate of drug-likeness (QED) is 0.734. The van der Waals surface area contributed by atoms with E-state index < -0.39 is 5.97 Å². The number of benzene rings is 1. The maximum absolute atomic E-state index is 10.9. The van der Waals surface area contributed by atoms with Crippen LogP contribution in [0.15, 0.2) is 24.3 Å². The zero-order chi connectivity index (χ0) is 13.6. The summed E-state index contributed by atoms with van der Waals surface area (Å²) in [6, 6.07) is 6.75. The predicted octanol–water partition coefficient (Wildman–Crippen LogP) is 1.97. The zero-order valence-corrected chi connectivity index (χ0v) is 10.5. The molecule has 19 heavy (non-hydrogen) atoms. The minimum Gasteiger partial charge on any atom is -0.478 e.